The minimum absolute atomic E-state index is 0.213. The number of benzene rings is 2. The molecule has 2 aliphatic rings. The molecule has 8 nitrogen and oxygen atoms in total. The highest BCUT2D eigenvalue weighted by atomic mass is 19.2. The van der Waals surface area contributed by atoms with Gasteiger partial charge in [-0.1, -0.05) is 18.1 Å². The third kappa shape index (κ3) is 5.01. The molecule has 1 unspecified atom stereocenters. The van der Waals surface area contributed by atoms with Crippen LogP contribution in [-0.4, -0.2) is 61.8 Å². The van der Waals surface area contributed by atoms with Crippen LogP contribution in [0.2, 0.25) is 0 Å². The number of terminal acetylenes is 1. The Morgan fingerprint density at radius 1 is 1.14 bits per heavy atom. The number of halogens is 2. The monoisotopic (exact) mass is 506 g/mol. The Balaban J connectivity index is 1.42. The molecule has 0 spiro atoms. The molecule has 10 heteroatoms. The van der Waals surface area contributed by atoms with Crippen LogP contribution in [0.5, 0.6) is 5.75 Å². The third-order valence-electron chi connectivity index (χ3n) is 6.70. The van der Waals surface area contributed by atoms with Gasteiger partial charge in [0.2, 0.25) is 0 Å². The molecule has 2 fully saturated rings. The van der Waals surface area contributed by atoms with Crippen LogP contribution in [-0.2, 0) is 4.84 Å². The molecule has 0 saturated carbocycles. The van der Waals surface area contributed by atoms with Crippen molar-refractivity contribution in [3.8, 4) is 18.1 Å². The van der Waals surface area contributed by atoms with Gasteiger partial charge in [0.1, 0.15) is 17.9 Å². The van der Waals surface area contributed by atoms with Crippen molar-refractivity contribution in [1.82, 2.24) is 14.9 Å². The summed E-state index contributed by atoms with van der Waals surface area (Å²) >= 11 is 0. The predicted octanol–water partition coefficient (Wildman–Crippen LogP) is 4.12. The third-order valence-corrected chi connectivity index (χ3v) is 6.70. The van der Waals surface area contributed by atoms with E-state index in [4.69, 9.17) is 16.0 Å². The molecule has 2 aliphatic heterocycles. The van der Waals surface area contributed by atoms with Gasteiger partial charge in [0.05, 0.1) is 31.1 Å². The number of aromatic nitrogens is 2. The topological polar surface area (TPSA) is 66.0 Å². The van der Waals surface area contributed by atoms with Crippen molar-refractivity contribution < 1.29 is 18.4 Å². The molecule has 2 aromatic carbocycles. The van der Waals surface area contributed by atoms with Gasteiger partial charge in [0, 0.05) is 55.9 Å². The predicted molar refractivity (Wildman–Crippen MR) is 138 cm³/mol. The van der Waals surface area contributed by atoms with Crippen LogP contribution in [0.1, 0.15) is 23.6 Å². The smallest absolute Gasteiger partial charge is 0.164 e. The Kier molecular flexibility index (Phi) is 7.08. The zero-order chi connectivity index (χ0) is 25.9. The van der Waals surface area contributed by atoms with Crippen LogP contribution >= 0.6 is 0 Å². The molecule has 1 N–H and O–H groups in total. The second-order valence-corrected chi connectivity index (χ2v) is 9.00. The molecule has 3 aromatic rings. The van der Waals surface area contributed by atoms with E-state index >= 15 is 0 Å². The molecule has 2 saturated heterocycles. The molecule has 0 amide bonds. The largest absolute Gasteiger partial charge is 0.494 e. The standard InChI is InChI=1S/C27H28F2N6O2/c1-4-18-14-21(24(36-3)15-23(18)34-11-9-33(2)10-12-34)32-25-16-26(31-17-30-25)35-22(8-13-37-35)19-6-5-7-20(28)27(19)29/h1,5-7,14-17,22H,8-13H2,2-3H3,(H,30,31,32). The summed E-state index contributed by atoms with van der Waals surface area (Å²) in [5.74, 6) is 2.50. The first-order valence-electron chi connectivity index (χ1n) is 12.1. The van der Waals surface area contributed by atoms with Crippen LogP contribution < -0.4 is 20.0 Å². The van der Waals surface area contributed by atoms with E-state index in [9.17, 15) is 8.78 Å². The number of nitrogens with zero attached hydrogens (tertiary/aromatic N) is 5. The lowest BCUT2D eigenvalue weighted by Gasteiger charge is -2.35. The van der Waals surface area contributed by atoms with Crippen molar-refractivity contribution in [2.75, 3.05) is 62.2 Å². The zero-order valence-corrected chi connectivity index (χ0v) is 20.7. The van der Waals surface area contributed by atoms with Gasteiger partial charge in [-0.3, -0.25) is 4.84 Å². The highest BCUT2D eigenvalue weighted by Gasteiger charge is 2.32. The molecular weight excluding hydrogens is 478 g/mol. The summed E-state index contributed by atoms with van der Waals surface area (Å²) in [4.78, 5) is 18.9. The Morgan fingerprint density at radius 3 is 2.70 bits per heavy atom. The number of hydrogen-bond donors (Lipinski definition) is 1. The maximum absolute atomic E-state index is 14.5. The van der Waals surface area contributed by atoms with Crippen LogP contribution in [0.4, 0.5) is 31.8 Å². The van der Waals surface area contributed by atoms with E-state index in [0.29, 0.717) is 36.1 Å². The average molecular weight is 507 g/mol. The fraction of sp³-hybridized carbons (Fsp3) is 0.333. The lowest BCUT2D eigenvalue weighted by molar-refractivity contribution is 0.156. The van der Waals surface area contributed by atoms with Gasteiger partial charge in [-0.25, -0.2) is 23.8 Å². The quantitative estimate of drug-likeness (QED) is 0.501. The number of anilines is 4. The van der Waals surface area contributed by atoms with E-state index in [0.717, 1.165) is 43.5 Å². The van der Waals surface area contributed by atoms with Crippen molar-refractivity contribution in [2.45, 2.75) is 12.5 Å². The van der Waals surface area contributed by atoms with Crippen molar-refractivity contribution in [1.29, 1.82) is 0 Å². The van der Waals surface area contributed by atoms with E-state index < -0.39 is 17.7 Å². The van der Waals surface area contributed by atoms with Crippen LogP contribution in [0.3, 0.4) is 0 Å². The highest BCUT2D eigenvalue weighted by molar-refractivity contribution is 5.75. The van der Waals surface area contributed by atoms with E-state index in [-0.39, 0.29) is 5.56 Å². The molecule has 37 heavy (non-hydrogen) atoms. The second-order valence-electron chi connectivity index (χ2n) is 9.00. The summed E-state index contributed by atoms with van der Waals surface area (Å²) in [6.07, 6.45) is 7.74. The van der Waals surface area contributed by atoms with Crippen molar-refractivity contribution in [2.24, 2.45) is 0 Å². The first-order chi connectivity index (χ1) is 18.0. The molecular formula is C27H28F2N6O2. The minimum Gasteiger partial charge on any atom is -0.494 e. The van der Waals surface area contributed by atoms with Crippen LogP contribution in [0.25, 0.3) is 0 Å². The van der Waals surface area contributed by atoms with Gasteiger partial charge in [0.15, 0.2) is 17.5 Å². The maximum Gasteiger partial charge on any atom is 0.164 e. The first-order valence-corrected chi connectivity index (χ1v) is 12.1. The summed E-state index contributed by atoms with van der Waals surface area (Å²) in [6.45, 7) is 4.00. The van der Waals surface area contributed by atoms with Crippen molar-refractivity contribution >= 4 is 23.0 Å². The lowest BCUT2D eigenvalue weighted by Crippen LogP contribution is -2.44. The molecule has 1 aromatic heterocycles. The Labute approximate surface area is 214 Å². The molecule has 5 rings (SSSR count). The number of methoxy groups -OCH3 is 1. The second kappa shape index (κ2) is 10.6. The number of ether oxygens (including phenoxy) is 1. The lowest BCUT2D eigenvalue weighted by atomic mass is 10.0. The molecule has 0 radical (unpaired) electrons. The van der Waals surface area contributed by atoms with Gasteiger partial charge >= 0.3 is 0 Å². The molecule has 0 bridgehead atoms. The SMILES string of the molecule is C#Cc1cc(Nc2cc(N3OCCC3c3cccc(F)c3F)ncn2)c(OC)cc1N1CCN(C)CC1. The highest BCUT2D eigenvalue weighted by Crippen LogP contribution is 2.38. The summed E-state index contributed by atoms with van der Waals surface area (Å²) in [6, 6.07) is 9.10. The number of hydroxylamine groups is 1. The normalized spacial score (nSPS) is 18.1. The fourth-order valence-corrected chi connectivity index (χ4v) is 4.69. The zero-order valence-electron chi connectivity index (χ0n) is 20.7. The summed E-state index contributed by atoms with van der Waals surface area (Å²) in [5.41, 5.74) is 2.55. The van der Waals surface area contributed by atoms with Crippen LogP contribution in [0, 0.1) is 24.0 Å². The Morgan fingerprint density at radius 2 is 1.95 bits per heavy atom. The Hall–Kier alpha value is -3.94. The first kappa shape index (κ1) is 24.7. The van der Waals surface area contributed by atoms with E-state index in [1.165, 1.54) is 17.5 Å². The summed E-state index contributed by atoms with van der Waals surface area (Å²) < 4.78 is 34.1. The van der Waals surface area contributed by atoms with Gasteiger partial charge in [-0.05, 0) is 19.2 Å². The number of nitrogens with one attached hydrogen (secondary N) is 1. The minimum atomic E-state index is -0.897. The number of likely N-dealkylation sites (N-methyl/N-ethyl adjacent to an activating group) is 1. The number of hydrogen-bond acceptors (Lipinski definition) is 8. The summed E-state index contributed by atoms with van der Waals surface area (Å²) in [5, 5.41) is 4.75. The van der Waals surface area contributed by atoms with Gasteiger partial charge in [-0.15, -0.1) is 6.42 Å². The number of piperazine rings is 1. The average Bonchev–Trinajstić information content (AvgIpc) is 3.40. The molecule has 0 aliphatic carbocycles. The molecule has 1 atom stereocenters. The number of rotatable bonds is 6. The maximum atomic E-state index is 14.5. The molecule has 192 valence electrons. The van der Waals surface area contributed by atoms with Crippen molar-refractivity contribution in [3.63, 3.8) is 0 Å². The molecule has 3 heterocycles. The van der Waals surface area contributed by atoms with Gasteiger partial charge in [-0.2, -0.15) is 0 Å². The Bertz CT molecular complexity index is 1320. The van der Waals surface area contributed by atoms with Gasteiger partial charge in [0.25, 0.3) is 0 Å². The van der Waals surface area contributed by atoms with E-state index in [1.54, 1.807) is 19.2 Å². The fourth-order valence-electron chi connectivity index (χ4n) is 4.69. The van der Waals surface area contributed by atoms with Crippen molar-refractivity contribution in [3.05, 3.63) is 65.5 Å². The van der Waals surface area contributed by atoms with Crippen LogP contribution in [0.15, 0.2) is 42.7 Å². The summed E-state index contributed by atoms with van der Waals surface area (Å²) in [7, 11) is 3.71. The van der Waals surface area contributed by atoms with Gasteiger partial charge < -0.3 is 19.9 Å². The van der Waals surface area contributed by atoms with E-state index in [1.807, 2.05) is 12.1 Å². The van der Waals surface area contributed by atoms with E-state index in [2.05, 4.69) is 38.1 Å².